The van der Waals surface area contributed by atoms with Crippen LogP contribution in [0.2, 0.25) is 0 Å². The van der Waals surface area contributed by atoms with Gasteiger partial charge in [-0.05, 0) is 39.9 Å². The monoisotopic (exact) mass is 316 g/mol. The molecule has 1 N–H and O–H groups in total. The Kier molecular flexibility index (Phi) is 7.15. The van der Waals surface area contributed by atoms with Crippen molar-refractivity contribution < 1.29 is 0 Å². The van der Waals surface area contributed by atoms with Gasteiger partial charge in [-0.15, -0.1) is 10.2 Å². The van der Waals surface area contributed by atoms with E-state index in [9.17, 15) is 5.26 Å². The number of rotatable bonds is 8. The molecule has 4 nitrogen and oxygen atoms in total. The zero-order valence-electron chi connectivity index (χ0n) is 11.8. The first-order valence-corrected chi connectivity index (χ1v) is 9.21. The van der Waals surface area contributed by atoms with Crippen molar-refractivity contribution in [3.05, 3.63) is 0 Å². The molecule has 1 heterocycles. The molecule has 0 bridgehead atoms. The Bertz CT molecular complexity index is 427. The van der Waals surface area contributed by atoms with Gasteiger partial charge in [-0.1, -0.05) is 34.9 Å². The van der Waals surface area contributed by atoms with E-state index < -0.39 is 5.54 Å². The van der Waals surface area contributed by atoms with Gasteiger partial charge in [-0.25, -0.2) is 0 Å². The standard InChI is InChI=1S/C12H20N4S3/c1-9(2)14-12(3,8-13)6-5-7-18-11-16-15-10(17-4)19-11/h9,14H,5-7H2,1-4H3. The summed E-state index contributed by atoms with van der Waals surface area (Å²) >= 11 is 4.97. The van der Waals surface area contributed by atoms with Crippen LogP contribution in [0.5, 0.6) is 0 Å². The lowest BCUT2D eigenvalue weighted by atomic mass is 9.97. The molecule has 0 saturated carbocycles. The smallest absolute Gasteiger partial charge is 0.175 e. The maximum absolute atomic E-state index is 9.24. The third-order valence-corrected chi connectivity index (χ3v) is 5.58. The quantitative estimate of drug-likeness (QED) is 0.586. The van der Waals surface area contributed by atoms with Crippen molar-refractivity contribution >= 4 is 34.9 Å². The second-order valence-electron chi connectivity index (χ2n) is 4.73. The van der Waals surface area contributed by atoms with Crippen molar-refractivity contribution in [1.82, 2.24) is 15.5 Å². The summed E-state index contributed by atoms with van der Waals surface area (Å²) in [4.78, 5) is 0. The number of hydrogen-bond acceptors (Lipinski definition) is 7. The number of aromatic nitrogens is 2. The summed E-state index contributed by atoms with van der Waals surface area (Å²) in [6, 6.07) is 2.70. The van der Waals surface area contributed by atoms with Gasteiger partial charge in [-0.2, -0.15) is 5.26 Å². The van der Waals surface area contributed by atoms with Crippen LogP contribution >= 0.6 is 34.9 Å². The number of nitrogens with one attached hydrogen (secondary N) is 1. The minimum atomic E-state index is -0.430. The Morgan fingerprint density at radius 2 is 2.11 bits per heavy atom. The molecule has 106 valence electrons. The number of nitriles is 1. The first-order chi connectivity index (χ1) is 8.99. The summed E-state index contributed by atoms with van der Waals surface area (Å²) in [6.07, 6.45) is 3.84. The average molecular weight is 317 g/mol. The molecule has 0 amide bonds. The largest absolute Gasteiger partial charge is 0.297 e. The van der Waals surface area contributed by atoms with Crippen LogP contribution in [0.4, 0.5) is 0 Å². The van der Waals surface area contributed by atoms with E-state index in [1.54, 1.807) is 34.9 Å². The minimum absolute atomic E-state index is 0.324. The number of nitrogens with zero attached hydrogens (tertiary/aromatic N) is 3. The summed E-state index contributed by atoms with van der Waals surface area (Å²) in [5.74, 6) is 0.972. The normalized spacial score (nSPS) is 14.3. The molecule has 19 heavy (non-hydrogen) atoms. The van der Waals surface area contributed by atoms with Gasteiger partial charge in [-0.3, -0.25) is 5.32 Å². The topological polar surface area (TPSA) is 61.6 Å². The lowest BCUT2D eigenvalue weighted by molar-refractivity contribution is 0.380. The van der Waals surface area contributed by atoms with Crippen LogP contribution in [-0.4, -0.2) is 33.8 Å². The van der Waals surface area contributed by atoms with Gasteiger partial charge in [0, 0.05) is 11.8 Å². The molecule has 0 aromatic carbocycles. The highest BCUT2D eigenvalue weighted by atomic mass is 32.2. The van der Waals surface area contributed by atoms with E-state index in [-0.39, 0.29) is 0 Å². The highest BCUT2D eigenvalue weighted by Gasteiger charge is 2.23. The third-order valence-electron chi connectivity index (χ3n) is 2.46. The summed E-state index contributed by atoms with van der Waals surface area (Å²) in [7, 11) is 0. The Labute approximate surface area is 127 Å². The van der Waals surface area contributed by atoms with E-state index in [1.807, 2.05) is 13.2 Å². The highest BCUT2D eigenvalue weighted by Crippen LogP contribution is 2.28. The fourth-order valence-corrected chi connectivity index (χ4v) is 4.17. The van der Waals surface area contributed by atoms with Crippen LogP contribution in [0.25, 0.3) is 0 Å². The second kappa shape index (κ2) is 8.10. The van der Waals surface area contributed by atoms with Gasteiger partial charge in [0.05, 0.1) is 6.07 Å². The molecule has 1 aromatic heterocycles. The summed E-state index contributed by atoms with van der Waals surface area (Å²) in [6.45, 7) is 6.10. The number of hydrogen-bond donors (Lipinski definition) is 1. The van der Waals surface area contributed by atoms with Crippen molar-refractivity contribution in [2.45, 2.75) is 53.9 Å². The summed E-state index contributed by atoms with van der Waals surface area (Å²) < 4.78 is 2.02. The summed E-state index contributed by atoms with van der Waals surface area (Å²) in [5.41, 5.74) is -0.430. The minimum Gasteiger partial charge on any atom is -0.297 e. The molecule has 0 aliphatic carbocycles. The van der Waals surface area contributed by atoms with Crippen LogP contribution < -0.4 is 5.32 Å². The van der Waals surface area contributed by atoms with E-state index in [2.05, 4.69) is 35.4 Å². The molecule has 1 atom stereocenters. The van der Waals surface area contributed by atoms with Crippen molar-refractivity contribution in [2.24, 2.45) is 0 Å². The molecule has 0 aliphatic rings. The highest BCUT2D eigenvalue weighted by molar-refractivity contribution is 8.02. The average Bonchev–Trinajstić information content (AvgIpc) is 2.82. The molecule has 0 radical (unpaired) electrons. The van der Waals surface area contributed by atoms with Crippen LogP contribution in [0.3, 0.4) is 0 Å². The van der Waals surface area contributed by atoms with Crippen molar-refractivity contribution in [2.75, 3.05) is 12.0 Å². The van der Waals surface area contributed by atoms with Gasteiger partial charge in [0.1, 0.15) is 5.54 Å². The first kappa shape index (κ1) is 16.8. The molecule has 1 rings (SSSR count). The first-order valence-electron chi connectivity index (χ1n) is 6.18. The molecule has 1 aromatic rings. The van der Waals surface area contributed by atoms with Crippen LogP contribution in [-0.2, 0) is 0 Å². The Balaban J connectivity index is 2.31. The molecular weight excluding hydrogens is 296 g/mol. The maximum Gasteiger partial charge on any atom is 0.175 e. The molecular formula is C12H20N4S3. The van der Waals surface area contributed by atoms with E-state index >= 15 is 0 Å². The fraction of sp³-hybridized carbons (Fsp3) is 0.750. The number of thioether (sulfide) groups is 2. The molecule has 1 unspecified atom stereocenters. The molecule has 7 heteroatoms. The zero-order chi connectivity index (χ0) is 14.3. The summed E-state index contributed by atoms with van der Waals surface area (Å²) in [5, 5.41) is 20.7. The molecule has 0 spiro atoms. The Morgan fingerprint density at radius 1 is 1.42 bits per heavy atom. The van der Waals surface area contributed by atoms with Crippen LogP contribution in [0, 0.1) is 11.3 Å². The SMILES string of the molecule is CSc1nnc(SCCCC(C)(C#N)NC(C)C)s1. The molecule has 0 fully saturated rings. The van der Waals surface area contributed by atoms with Crippen LogP contribution in [0.15, 0.2) is 8.68 Å². The van der Waals surface area contributed by atoms with Gasteiger partial charge in [0.25, 0.3) is 0 Å². The predicted octanol–water partition coefficient (Wildman–Crippen LogP) is 3.41. The van der Waals surface area contributed by atoms with Gasteiger partial charge < -0.3 is 0 Å². The lowest BCUT2D eigenvalue weighted by Gasteiger charge is -2.25. The van der Waals surface area contributed by atoms with E-state index in [1.165, 1.54) is 0 Å². The Hall–Kier alpha value is -0.290. The van der Waals surface area contributed by atoms with Gasteiger partial charge in [0.15, 0.2) is 8.68 Å². The molecule has 0 aliphatic heterocycles. The van der Waals surface area contributed by atoms with E-state index in [0.29, 0.717) is 6.04 Å². The van der Waals surface area contributed by atoms with Crippen molar-refractivity contribution in [3.63, 3.8) is 0 Å². The van der Waals surface area contributed by atoms with Crippen molar-refractivity contribution in [3.8, 4) is 6.07 Å². The fourth-order valence-electron chi connectivity index (χ4n) is 1.72. The maximum atomic E-state index is 9.24. The zero-order valence-corrected chi connectivity index (χ0v) is 14.2. The van der Waals surface area contributed by atoms with Crippen LogP contribution in [0.1, 0.15) is 33.6 Å². The lowest BCUT2D eigenvalue weighted by Crippen LogP contribution is -2.44. The third kappa shape index (κ3) is 6.13. The predicted molar refractivity (Wildman–Crippen MR) is 83.9 cm³/mol. The molecule has 0 saturated heterocycles. The second-order valence-corrected chi connectivity index (χ2v) is 8.11. The van der Waals surface area contributed by atoms with E-state index in [0.717, 1.165) is 27.3 Å². The van der Waals surface area contributed by atoms with E-state index in [4.69, 9.17) is 0 Å². The van der Waals surface area contributed by atoms with Crippen molar-refractivity contribution in [1.29, 1.82) is 5.26 Å². The Morgan fingerprint density at radius 3 is 2.63 bits per heavy atom. The van der Waals surface area contributed by atoms with Gasteiger partial charge in [0.2, 0.25) is 0 Å². The van der Waals surface area contributed by atoms with Gasteiger partial charge >= 0.3 is 0 Å².